The quantitative estimate of drug-likeness (QED) is 0.763. The van der Waals surface area contributed by atoms with Gasteiger partial charge in [-0.3, -0.25) is 19.3 Å². The summed E-state index contributed by atoms with van der Waals surface area (Å²) in [4.78, 5) is 40.4. The maximum absolute atomic E-state index is 12.5. The van der Waals surface area contributed by atoms with Crippen molar-refractivity contribution in [1.82, 2.24) is 19.8 Å². The summed E-state index contributed by atoms with van der Waals surface area (Å²) in [6, 6.07) is 4.71. The van der Waals surface area contributed by atoms with Gasteiger partial charge in [-0.2, -0.15) is 0 Å². The van der Waals surface area contributed by atoms with Crippen LogP contribution >= 0.6 is 0 Å². The Kier molecular flexibility index (Phi) is 5.69. The number of hydrogen-bond donors (Lipinski definition) is 2. The van der Waals surface area contributed by atoms with Crippen molar-refractivity contribution >= 4 is 16.9 Å². The molecule has 2 aromatic rings. The molecule has 0 bridgehead atoms. The fraction of sp³-hybridized carbons (Fsp3) is 0.500. The molecular weight excluding hydrogens is 358 g/mol. The smallest absolute Gasteiger partial charge is 0.316 e. The summed E-state index contributed by atoms with van der Waals surface area (Å²) < 4.78 is 26.2. The van der Waals surface area contributed by atoms with Crippen LogP contribution in [0.5, 0.6) is 0 Å². The van der Waals surface area contributed by atoms with Gasteiger partial charge in [0.25, 0.3) is 12.3 Å². The standard InChI is InChI=1S/C18H22F2N4O3/c1-2-24-14-4-3-11(9-13(14)22-17(26)18(24)27)16(25)21-12-5-7-23(8-6-12)10-15(19)20/h3-4,9,12,15H,2,5-8,10H2,1H3,(H,21,25)(H,22,26). The number of aromatic nitrogens is 2. The predicted octanol–water partition coefficient (Wildman–Crippen LogP) is 1.17. The lowest BCUT2D eigenvalue weighted by Crippen LogP contribution is -2.45. The lowest BCUT2D eigenvalue weighted by atomic mass is 10.0. The molecule has 3 rings (SSSR count). The highest BCUT2D eigenvalue weighted by atomic mass is 19.3. The molecule has 9 heteroatoms. The number of carbonyl (C=O) groups excluding carboxylic acids is 1. The van der Waals surface area contributed by atoms with Gasteiger partial charge in [-0.25, -0.2) is 8.78 Å². The first-order chi connectivity index (χ1) is 12.9. The molecule has 1 saturated heterocycles. The van der Waals surface area contributed by atoms with Crippen LogP contribution < -0.4 is 16.4 Å². The molecule has 1 aromatic heterocycles. The number of nitrogens with one attached hydrogen (secondary N) is 2. The van der Waals surface area contributed by atoms with Crippen LogP contribution in [-0.4, -0.2) is 52.5 Å². The Balaban J connectivity index is 1.72. The summed E-state index contributed by atoms with van der Waals surface area (Å²) >= 11 is 0. The van der Waals surface area contributed by atoms with Gasteiger partial charge in [0.2, 0.25) is 0 Å². The van der Waals surface area contributed by atoms with Gasteiger partial charge in [0.05, 0.1) is 17.6 Å². The number of halogens is 2. The molecule has 0 aliphatic carbocycles. The van der Waals surface area contributed by atoms with Crippen molar-refractivity contribution in [1.29, 1.82) is 0 Å². The number of hydrogen-bond acceptors (Lipinski definition) is 4. The number of alkyl halides is 2. The molecule has 1 amide bonds. The van der Waals surface area contributed by atoms with E-state index in [1.54, 1.807) is 30.0 Å². The molecule has 1 aliphatic heterocycles. The second-order valence-corrected chi connectivity index (χ2v) is 6.67. The van der Waals surface area contributed by atoms with Crippen molar-refractivity contribution in [3.63, 3.8) is 0 Å². The van der Waals surface area contributed by atoms with Crippen molar-refractivity contribution in [3.8, 4) is 0 Å². The molecule has 1 aliphatic rings. The van der Waals surface area contributed by atoms with Crippen LogP contribution in [0.25, 0.3) is 11.0 Å². The van der Waals surface area contributed by atoms with Crippen molar-refractivity contribution in [2.45, 2.75) is 38.8 Å². The number of aryl methyl sites for hydroxylation is 1. The van der Waals surface area contributed by atoms with E-state index >= 15 is 0 Å². The van der Waals surface area contributed by atoms with Gasteiger partial charge in [0, 0.05) is 31.2 Å². The number of aromatic amines is 1. The first kappa shape index (κ1) is 19.2. The van der Waals surface area contributed by atoms with Crippen LogP contribution in [0, 0.1) is 0 Å². The number of fused-ring (bicyclic) bond motifs is 1. The van der Waals surface area contributed by atoms with Crippen LogP contribution in [0.15, 0.2) is 27.8 Å². The molecule has 7 nitrogen and oxygen atoms in total. The number of nitrogens with zero attached hydrogens (tertiary/aromatic N) is 2. The highest BCUT2D eigenvalue weighted by Crippen LogP contribution is 2.15. The van der Waals surface area contributed by atoms with Crippen molar-refractivity contribution in [2.24, 2.45) is 0 Å². The van der Waals surface area contributed by atoms with E-state index in [2.05, 4.69) is 10.3 Å². The number of benzene rings is 1. The normalized spacial score (nSPS) is 16.1. The van der Waals surface area contributed by atoms with E-state index < -0.39 is 17.5 Å². The minimum Gasteiger partial charge on any atom is -0.349 e. The maximum Gasteiger partial charge on any atom is 0.316 e. The molecule has 0 saturated carbocycles. The third kappa shape index (κ3) is 4.24. The molecule has 0 radical (unpaired) electrons. The zero-order chi connectivity index (χ0) is 19.6. The number of likely N-dealkylation sites (tertiary alicyclic amines) is 1. The van der Waals surface area contributed by atoms with E-state index in [-0.39, 0.29) is 18.5 Å². The van der Waals surface area contributed by atoms with Gasteiger partial charge in [0.1, 0.15) is 0 Å². The van der Waals surface area contributed by atoms with Crippen LogP contribution in [0.1, 0.15) is 30.1 Å². The Morgan fingerprint density at radius 2 is 2.00 bits per heavy atom. The van der Waals surface area contributed by atoms with E-state index in [4.69, 9.17) is 0 Å². The highest BCUT2D eigenvalue weighted by Gasteiger charge is 2.23. The Hall–Kier alpha value is -2.55. The molecule has 0 unspecified atom stereocenters. The number of H-pyrrole nitrogens is 1. The summed E-state index contributed by atoms with van der Waals surface area (Å²) in [5, 5.41) is 2.91. The van der Waals surface area contributed by atoms with Crippen molar-refractivity contribution in [3.05, 3.63) is 44.5 Å². The van der Waals surface area contributed by atoms with Crippen LogP contribution in [0.2, 0.25) is 0 Å². The second-order valence-electron chi connectivity index (χ2n) is 6.67. The first-order valence-electron chi connectivity index (χ1n) is 8.97. The van der Waals surface area contributed by atoms with Gasteiger partial charge in [-0.1, -0.05) is 0 Å². The van der Waals surface area contributed by atoms with Crippen LogP contribution in [0.3, 0.4) is 0 Å². The zero-order valence-corrected chi connectivity index (χ0v) is 15.0. The maximum atomic E-state index is 12.5. The summed E-state index contributed by atoms with van der Waals surface area (Å²) in [7, 11) is 0. The van der Waals surface area contributed by atoms with E-state index in [9.17, 15) is 23.2 Å². The third-order valence-electron chi connectivity index (χ3n) is 4.87. The number of amides is 1. The van der Waals surface area contributed by atoms with Gasteiger partial charge in [-0.05, 0) is 38.0 Å². The molecule has 146 valence electrons. The Bertz CT molecular complexity index is 946. The van der Waals surface area contributed by atoms with E-state index in [0.29, 0.717) is 49.1 Å². The molecule has 27 heavy (non-hydrogen) atoms. The molecule has 0 atom stereocenters. The fourth-order valence-corrected chi connectivity index (χ4v) is 3.46. The van der Waals surface area contributed by atoms with Crippen LogP contribution in [0.4, 0.5) is 8.78 Å². The van der Waals surface area contributed by atoms with Gasteiger partial charge in [-0.15, -0.1) is 0 Å². The number of rotatable bonds is 5. The molecule has 0 spiro atoms. The lowest BCUT2D eigenvalue weighted by Gasteiger charge is -2.32. The van der Waals surface area contributed by atoms with Gasteiger partial charge < -0.3 is 14.9 Å². The predicted molar refractivity (Wildman–Crippen MR) is 97.4 cm³/mol. The summed E-state index contributed by atoms with van der Waals surface area (Å²) in [5.74, 6) is -0.292. The molecule has 1 fully saturated rings. The van der Waals surface area contributed by atoms with E-state index in [1.807, 2.05) is 0 Å². The zero-order valence-electron chi connectivity index (χ0n) is 15.0. The SMILES string of the molecule is CCn1c(=O)c(=O)[nH]c2cc(C(=O)NC3CCN(CC(F)F)CC3)ccc21. The van der Waals surface area contributed by atoms with Crippen LogP contribution in [-0.2, 0) is 6.54 Å². The second kappa shape index (κ2) is 7.99. The Labute approximate surface area is 154 Å². The topological polar surface area (TPSA) is 87.2 Å². The monoisotopic (exact) mass is 380 g/mol. The minimum absolute atomic E-state index is 0.0780. The minimum atomic E-state index is -2.35. The van der Waals surface area contributed by atoms with E-state index in [0.717, 1.165) is 0 Å². The molecule has 2 heterocycles. The first-order valence-corrected chi connectivity index (χ1v) is 8.97. The largest absolute Gasteiger partial charge is 0.349 e. The highest BCUT2D eigenvalue weighted by molar-refractivity contribution is 5.97. The van der Waals surface area contributed by atoms with Gasteiger partial charge >= 0.3 is 11.1 Å². The number of carbonyl (C=O) groups is 1. The lowest BCUT2D eigenvalue weighted by molar-refractivity contribution is 0.0696. The van der Waals surface area contributed by atoms with Gasteiger partial charge in [0.15, 0.2) is 0 Å². The summed E-state index contributed by atoms with van der Waals surface area (Å²) in [5.41, 5.74) is -0.0136. The average Bonchev–Trinajstić information content (AvgIpc) is 2.63. The summed E-state index contributed by atoms with van der Waals surface area (Å²) in [6.45, 7) is 2.91. The van der Waals surface area contributed by atoms with Crippen molar-refractivity contribution in [2.75, 3.05) is 19.6 Å². The molecule has 1 aromatic carbocycles. The van der Waals surface area contributed by atoms with Crippen molar-refractivity contribution < 1.29 is 13.6 Å². The fourth-order valence-electron chi connectivity index (χ4n) is 3.46. The van der Waals surface area contributed by atoms with E-state index in [1.165, 1.54) is 4.57 Å². The molecule has 2 N–H and O–H groups in total. The molecular formula is C18H22F2N4O3. The Morgan fingerprint density at radius 3 is 2.63 bits per heavy atom. The Morgan fingerprint density at radius 1 is 1.30 bits per heavy atom. The summed E-state index contributed by atoms with van der Waals surface area (Å²) in [6.07, 6.45) is -1.13. The third-order valence-corrected chi connectivity index (χ3v) is 4.87. The number of piperidine rings is 1. The average molecular weight is 380 g/mol.